The number of fused-ring (bicyclic) bond motifs is 1. The molecule has 2 heteroatoms. The minimum atomic E-state index is 0.299. The van der Waals surface area contributed by atoms with Gasteiger partial charge in [0.25, 0.3) is 0 Å². The van der Waals surface area contributed by atoms with Crippen LogP contribution in [0.25, 0.3) is 10.8 Å². The summed E-state index contributed by atoms with van der Waals surface area (Å²) in [6, 6.07) is 23.6. The Morgan fingerprint density at radius 3 is 2.43 bits per heavy atom. The molecule has 0 saturated carbocycles. The second-order valence-corrected chi connectivity index (χ2v) is 5.75. The van der Waals surface area contributed by atoms with Gasteiger partial charge in [-0.2, -0.15) is 0 Å². The quantitative estimate of drug-likeness (QED) is 0.685. The molecule has 0 bridgehead atoms. The van der Waals surface area contributed by atoms with Crippen molar-refractivity contribution in [2.75, 3.05) is 6.61 Å². The minimum absolute atomic E-state index is 0.299. The maximum absolute atomic E-state index is 5.48. The van der Waals surface area contributed by atoms with Gasteiger partial charge in [-0.1, -0.05) is 54.6 Å². The van der Waals surface area contributed by atoms with Gasteiger partial charge in [-0.05, 0) is 47.9 Å². The van der Waals surface area contributed by atoms with Crippen LogP contribution in [-0.2, 0) is 6.54 Å². The van der Waals surface area contributed by atoms with Crippen LogP contribution in [-0.4, -0.2) is 6.61 Å². The summed E-state index contributed by atoms with van der Waals surface area (Å²) in [5.74, 6) is 0.929. The molecule has 0 fully saturated rings. The van der Waals surface area contributed by atoms with E-state index in [0.29, 0.717) is 12.6 Å². The second-order valence-electron chi connectivity index (χ2n) is 5.75. The molecule has 3 rings (SSSR count). The van der Waals surface area contributed by atoms with E-state index in [0.717, 1.165) is 12.3 Å². The molecule has 0 saturated heterocycles. The molecule has 3 aromatic rings. The fourth-order valence-electron chi connectivity index (χ4n) is 2.88. The Morgan fingerprint density at radius 1 is 0.913 bits per heavy atom. The Bertz CT molecular complexity index is 759. The number of hydrogen-bond donors (Lipinski definition) is 1. The highest BCUT2D eigenvalue weighted by Crippen LogP contribution is 2.24. The van der Waals surface area contributed by atoms with Crippen LogP contribution in [0.3, 0.4) is 0 Å². The summed E-state index contributed by atoms with van der Waals surface area (Å²) in [5.41, 5.74) is 2.61. The average molecular weight is 305 g/mol. The molecule has 0 radical (unpaired) electrons. The summed E-state index contributed by atoms with van der Waals surface area (Å²) in [6.07, 6.45) is 0. The molecule has 2 nitrogen and oxygen atoms in total. The molecule has 0 aromatic heterocycles. The molecule has 0 amide bonds. The first-order valence-electron chi connectivity index (χ1n) is 8.20. The van der Waals surface area contributed by atoms with E-state index in [4.69, 9.17) is 4.74 Å². The average Bonchev–Trinajstić information content (AvgIpc) is 2.60. The van der Waals surface area contributed by atoms with Crippen molar-refractivity contribution in [3.8, 4) is 5.75 Å². The van der Waals surface area contributed by atoms with Crippen LogP contribution >= 0.6 is 0 Å². The van der Waals surface area contributed by atoms with Crippen molar-refractivity contribution in [1.29, 1.82) is 0 Å². The summed E-state index contributed by atoms with van der Waals surface area (Å²) < 4.78 is 5.48. The highest BCUT2D eigenvalue weighted by molar-refractivity contribution is 5.86. The Balaban J connectivity index is 1.70. The van der Waals surface area contributed by atoms with Gasteiger partial charge in [0.2, 0.25) is 0 Å². The number of rotatable bonds is 6. The summed E-state index contributed by atoms with van der Waals surface area (Å²) in [5, 5.41) is 6.23. The van der Waals surface area contributed by atoms with Crippen molar-refractivity contribution in [2.45, 2.75) is 26.4 Å². The van der Waals surface area contributed by atoms with Crippen LogP contribution in [0.2, 0.25) is 0 Å². The first-order valence-corrected chi connectivity index (χ1v) is 8.20. The van der Waals surface area contributed by atoms with E-state index in [9.17, 15) is 0 Å². The van der Waals surface area contributed by atoms with Crippen molar-refractivity contribution >= 4 is 10.8 Å². The maximum Gasteiger partial charge on any atom is 0.119 e. The van der Waals surface area contributed by atoms with E-state index in [2.05, 4.69) is 66.8 Å². The predicted molar refractivity (Wildman–Crippen MR) is 96.8 cm³/mol. The molecule has 3 aromatic carbocycles. The summed E-state index contributed by atoms with van der Waals surface area (Å²) >= 11 is 0. The first-order chi connectivity index (χ1) is 11.3. The molecule has 0 spiro atoms. The lowest BCUT2D eigenvalue weighted by Gasteiger charge is -2.17. The largest absolute Gasteiger partial charge is 0.494 e. The minimum Gasteiger partial charge on any atom is -0.494 e. The Labute approximate surface area is 138 Å². The number of benzene rings is 3. The maximum atomic E-state index is 5.48. The van der Waals surface area contributed by atoms with Gasteiger partial charge in [0.05, 0.1) is 6.61 Å². The van der Waals surface area contributed by atoms with Crippen LogP contribution in [0.4, 0.5) is 0 Å². The van der Waals surface area contributed by atoms with Gasteiger partial charge in [0.1, 0.15) is 5.75 Å². The summed E-state index contributed by atoms with van der Waals surface area (Å²) in [6.45, 7) is 5.77. The smallest absolute Gasteiger partial charge is 0.119 e. The molecule has 1 N–H and O–H groups in total. The highest BCUT2D eigenvalue weighted by atomic mass is 16.5. The van der Waals surface area contributed by atoms with E-state index >= 15 is 0 Å². The molecule has 0 aliphatic rings. The van der Waals surface area contributed by atoms with Gasteiger partial charge in [0.15, 0.2) is 0 Å². The molecule has 0 aliphatic heterocycles. The summed E-state index contributed by atoms with van der Waals surface area (Å²) in [4.78, 5) is 0. The predicted octanol–water partition coefficient (Wildman–Crippen LogP) is 5.09. The van der Waals surface area contributed by atoms with Crippen molar-refractivity contribution in [2.24, 2.45) is 0 Å². The lowest BCUT2D eigenvalue weighted by atomic mass is 9.99. The Hall–Kier alpha value is -2.32. The Morgan fingerprint density at radius 2 is 1.65 bits per heavy atom. The molecule has 1 unspecified atom stereocenters. The van der Waals surface area contributed by atoms with E-state index in [1.807, 2.05) is 19.1 Å². The fraction of sp³-hybridized carbons (Fsp3) is 0.238. The lowest BCUT2D eigenvalue weighted by Crippen LogP contribution is -2.18. The van der Waals surface area contributed by atoms with Gasteiger partial charge in [-0.3, -0.25) is 0 Å². The highest BCUT2D eigenvalue weighted by Gasteiger charge is 2.08. The van der Waals surface area contributed by atoms with Gasteiger partial charge >= 0.3 is 0 Å². The van der Waals surface area contributed by atoms with Crippen molar-refractivity contribution in [3.63, 3.8) is 0 Å². The van der Waals surface area contributed by atoms with E-state index in [-0.39, 0.29) is 0 Å². The van der Waals surface area contributed by atoms with Crippen LogP contribution in [0.1, 0.15) is 31.0 Å². The summed E-state index contributed by atoms with van der Waals surface area (Å²) in [7, 11) is 0. The third kappa shape index (κ3) is 3.72. The molecule has 23 heavy (non-hydrogen) atoms. The van der Waals surface area contributed by atoms with Gasteiger partial charge < -0.3 is 10.1 Å². The van der Waals surface area contributed by atoms with Gasteiger partial charge in [-0.15, -0.1) is 0 Å². The van der Waals surface area contributed by atoms with E-state index in [1.165, 1.54) is 21.9 Å². The van der Waals surface area contributed by atoms with Crippen LogP contribution in [0.15, 0.2) is 66.7 Å². The van der Waals surface area contributed by atoms with Crippen molar-refractivity contribution < 1.29 is 4.74 Å². The third-order valence-electron chi connectivity index (χ3n) is 4.14. The molecule has 118 valence electrons. The zero-order valence-electron chi connectivity index (χ0n) is 13.8. The standard InChI is InChI=1S/C21H23NO/c1-3-23-19-13-11-17(12-14-19)15-22-16(2)20-10-6-8-18-7-4-5-9-21(18)20/h4-14,16,22H,3,15H2,1-2H3. The number of hydrogen-bond acceptors (Lipinski definition) is 2. The fourth-order valence-corrected chi connectivity index (χ4v) is 2.88. The number of nitrogens with one attached hydrogen (secondary N) is 1. The van der Waals surface area contributed by atoms with Crippen LogP contribution < -0.4 is 10.1 Å². The van der Waals surface area contributed by atoms with Crippen molar-refractivity contribution in [1.82, 2.24) is 5.32 Å². The first kappa shape index (κ1) is 15.6. The van der Waals surface area contributed by atoms with Crippen LogP contribution in [0, 0.1) is 0 Å². The normalized spacial score (nSPS) is 12.3. The molecule has 1 atom stereocenters. The number of ether oxygens (including phenoxy) is 1. The molecule has 0 aliphatic carbocycles. The van der Waals surface area contributed by atoms with Crippen molar-refractivity contribution in [3.05, 3.63) is 77.9 Å². The van der Waals surface area contributed by atoms with E-state index < -0.39 is 0 Å². The lowest BCUT2D eigenvalue weighted by molar-refractivity contribution is 0.340. The zero-order chi connectivity index (χ0) is 16.1. The zero-order valence-corrected chi connectivity index (χ0v) is 13.8. The molecular formula is C21H23NO. The molecule has 0 heterocycles. The third-order valence-corrected chi connectivity index (χ3v) is 4.14. The van der Waals surface area contributed by atoms with E-state index in [1.54, 1.807) is 0 Å². The topological polar surface area (TPSA) is 21.3 Å². The Kier molecular flexibility index (Phi) is 4.94. The second kappa shape index (κ2) is 7.30. The SMILES string of the molecule is CCOc1ccc(CNC(C)c2cccc3ccccc23)cc1. The van der Waals surface area contributed by atoms with Crippen LogP contribution in [0.5, 0.6) is 5.75 Å². The monoisotopic (exact) mass is 305 g/mol. The van der Waals surface area contributed by atoms with Gasteiger partial charge in [0, 0.05) is 12.6 Å². The van der Waals surface area contributed by atoms with Gasteiger partial charge in [-0.25, -0.2) is 0 Å². The molecular weight excluding hydrogens is 282 g/mol.